The molecule has 2 rings (SSSR count). The standard InChI is InChI=1S/C18H25NO3/c1-11(2)10-19-15(9-16(20)21)13-7-6-12(18(3,4)5)8-14(13)17(19)22/h6-8,11,15H,9-10H2,1-5H3,(H,20,21)/p-1. The third kappa shape index (κ3) is 3.16. The molecule has 1 aromatic rings. The van der Waals surface area contributed by atoms with Crippen LogP contribution in [0.5, 0.6) is 0 Å². The van der Waals surface area contributed by atoms with E-state index in [0.29, 0.717) is 12.1 Å². The molecule has 0 aliphatic carbocycles. The predicted molar refractivity (Wildman–Crippen MR) is 83.4 cm³/mol. The van der Waals surface area contributed by atoms with E-state index in [1.165, 1.54) is 0 Å². The van der Waals surface area contributed by atoms with Gasteiger partial charge < -0.3 is 14.8 Å². The summed E-state index contributed by atoms with van der Waals surface area (Å²) in [6.07, 6.45) is -0.152. The lowest BCUT2D eigenvalue weighted by Gasteiger charge is -2.27. The minimum atomic E-state index is -1.13. The van der Waals surface area contributed by atoms with Gasteiger partial charge in [-0.1, -0.05) is 46.8 Å². The van der Waals surface area contributed by atoms with Gasteiger partial charge in [-0.25, -0.2) is 0 Å². The van der Waals surface area contributed by atoms with Crippen molar-refractivity contribution in [3.8, 4) is 0 Å². The fourth-order valence-electron chi connectivity index (χ4n) is 2.94. The highest BCUT2D eigenvalue weighted by Gasteiger charge is 2.37. The summed E-state index contributed by atoms with van der Waals surface area (Å²) in [6.45, 7) is 10.9. The van der Waals surface area contributed by atoms with Gasteiger partial charge in [0.2, 0.25) is 0 Å². The molecule has 0 N–H and O–H groups in total. The maximum Gasteiger partial charge on any atom is 0.254 e. The quantitative estimate of drug-likeness (QED) is 0.857. The van der Waals surface area contributed by atoms with Crippen molar-refractivity contribution in [1.29, 1.82) is 0 Å². The largest absolute Gasteiger partial charge is 0.550 e. The summed E-state index contributed by atoms with van der Waals surface area (Å²) in [5.41, 5.74) is 2.48. The summed E-state index contributed by atoms with van der Waals surface area (Å²) in [5.74, 6) is -0.912. The third-order valence-electron chi connectivity index (χ3n) is 4.07. The van der Waals surface area contributed by atoms with Gasteiger partial charge in [-0.05, 0) is 28.5 Å². The van der Waals surface area contributed by atoms with Crippen molar-refractivity contribution >= 4 is 11.9 Å². The third-order valence-corrected chi connectivity index (χ3v) is 4.07. The monoisotopic (exact) mass is 302 g/mol. The zero-order valence-electron chi connectivity index (χ0n) is 14.0. The van der Waals surface area contributed by atoms with Gasteiger partial charge in [0.15, 0.2) is 0 Å². The van der Waals surface area contributed by atoms with Gasteiger partial charge in [0.05, 0.1) is 6.04 Å². The van der Waals surface area contributed by atoms with E-state index < -0.39 is 12.0 Å². The van der Waals surface area contributed by atoms with Gasteiger partial charge in [0.1, 0.15) is 0 Å². The Hall–Kier alpha value is -1.84. The SMILES string of the molecule is CC(C)CN1C(=O)c2cc(C(C)(C)C)ccc2C1CC(=O)[O-]. The van der Waals surface area contributed by atoms with Gasteiger partial charge in [-0.3, -0.25) is 4.79 Å². The topological polar surface area (TPSA) is 60.4 Å². The summed E-state index contributed by atoms with van der Waals surface area (Å²) in [7, 11) is 0. The van der Waals surface area contributed by atoms with Gasteiger partial charge in [0, 0.05) is 24.5 Å². The molecule has 4 nitrogen and oxygen atoms in total. The molecule has 1 aliphatic heterocycles. The number of rotatable bonds is 4. The number of carbonyl (C=O) groups is 2. The second-order valence-electron chi connectivity index (χ2n) is 7.50. The van der Waals surface area contributed by atoms with Crippen molar-refractivity contribution in [3.63, 3.8) is 0 Å². The van der Waals surface area contributed by atoms with Crippen LogP contribution < -0.4 is 5.11 Å². The molecule has 0 radical (unpaired) electrons. The van der Waals surface area contributed by atoms with Crippen molar-refractivity contribution in [3.05, 3.63) is 34.9 Å². The number of benzene rings is 1. The molecular weight excluding hydrogens is 278 g/mol. The first-order valence-electron chi connectivity index (χ1n) is 7.76. The molecule has 1 atom stereocenters. The summed E-state index contributed by atoms with van der Waals surface area (Å²) in [4.78, 5) is 25.5. The molecule has 0 bridgehead atoms. The van der Waals surface area contributed by atoms with Gasteiger partial charge in [0.25, 0.3) is 5.91 Å². The van der Waals surface area contributed by atoms with Crippen molar-refractivity contribution in [2.75, 3.05) is 6.54 Å². The van der Waals surface area contributed by atoms with Crippen molar-refractivity contribution in [2.45, 2.75) is 52.5 Å². The van der Waals surface area contributed by atoms with Gasteiger partial charge >= 0.3 is 0 Å². The number of carboxylic acids is 1. The molecule has 1 aromatic carbocycles. The molecule has 0 saturated heterocycles. The Morgan fingerprint density at radius 1 is 1.32 bits per heavy atom. The second-order valence-corrected chi connectivity index (χ2v) is 7.50. The Morgan fingerprint density at radius 2 is 1.95 bits per heavy atom. The zero-order valence-corrected chi connectivity index (χ0v) is 14.0. The molecule has 0 aromatic heterocycles. The van der Waals surface area contributed by atoms with E-state index in [1.807, 2.05) is 32.0 Å². The minimum absolute atomic E-state index is 0.0510. The summed E-state index contributed by atoms with van der Waals surface area (Å²) >= 11 is 0. The molecule has 120 valence electrons. The van der Waals surface area contributed by atoms with E-state index in [1.54, 1.807) is 4.90 Å². The van der Waals surface area contributed by atoms with Crippen LogP contribution in [0.15, 0.2) is 18.2 Å². The number of carbonyl (C=O) groups excluding carboxylic acids is 2. The van der Waals surface area contributed by atoms with Crippen LogP contribution in [-0.4, -0.2) is 23.3 Å². The van der Waals surface area contributed by atoms with Crippen LogP contribution in [0.1, 0.15) is 68.6 Å². The molecule has 1 aliphatic rings. The van der Waals surface area contributed by atoms with Gasteiger partial charge in [-0.15, -0.1) is 0 Å². The molecule has 0 fully saturated rings. The van der Waals surface area contributed by atoms with Crippen LogP contribution >= 0.6 is 0 Å². The highest BCUT2D eigenvalue weighted by molar-refractivity contribution is 6.00. The number of carboxylic acid groups (broad SMARTS) is 1. The van der Waals surface area contributed by atoms with E-state index in [0.717, 1.165) is 11.1 Å². The van der Waals surface area contributed by atoms with Crippen LogP contribution in [0, 0.1) is 5.92 Å². The first-order chi connectivity index (χ1) is 10.1. The summed E-state index contributed by atoms with van der Waals surface area (Å²) < 4.78 is 0. The molecule has 22 heavy (non-hydrogen) atoms. The number of fused-ring (bicyclic) bond motifs is 1. The number of nitrogens with zero attached hydrogens (tertiary/aromatic N) is 1. The summed E-state index contributed by atoms with van der Waals surface area (Å²) in [6, 6.07) is 5.40. The molecule has 1 unspecified atom stereocenters. The lowest BCUT2D eigenvalue weighted by atomic mass is 9.85. The number of aliphatic carboxylic acids is 1. The highest BCUT2D eigenvalue weighted by atomic mass is 16.4. The molecule has 4 heteroatoms. The smallest absolute Gasteiger partial charge is 0.254 e. The Balaban J connectivity index is 2.46. The number of hydrogen-bond donors (Lipinski definition) is 0. The van der Waals surface area contributed by atoms with Crippen molar-refractivity contribution < 1.29 is 14.7 Å². The Kier molecular flexibility index (Phi) is 4.32. The van der Waals surface area contributed by atoms with Crippen LogP contribution in [0.25, 0.3) is 0 Å². The predicted octanol–water partition coefficient (Wildman–Crippen LogP) is 2.28. The Morgan fingerprint density at radius 3 is 2.45 bits per heavy atom. The van der Waals surface area contributed by atoms with Crippen molar-refractivity contribution in [2.24, 2.45) is 5.92 Å². The normalized spacial score (nSPS) is 18.0. The number of amides is 1. The van der Waals surface area contributed by atoms with E-state index in [2.05, 4.69) is 20.8 Å². The average Bonchev–Trinajstić information content (AvgIpc) is 2.62. The fraction of sp³-hybridized carbons (Fsp3) is 0.556. The van der Waals surface area contributed by atoms with E-state index in [4.69, 9.17) is 0 Å². The Bertz CT molecular complexity index is 599. The molecule has 0 spiro atoms. The lowest BCUT2D eigenvalue weighted by Crippen LogP contribution is -2.35. The van der Waals surface area contributed by atoms with E-state index in [9.17, 15) is 14.7 Å². The highest BCUT2D eigenvalue weighted by Crippen LogP contribution is 2.38. The van der Waals surface area contributed by atoms with Gasteiger partial charge in [-0.2, -0.15) is 0 Å². The molecule has 0 saturated carbocycles. The fourth-order valence-corrected chi connectivity index (χ4v) is 2.94. The molecule has 1 amide bonds. The van der Waals surface area contributed by atoms with E-state index >= 15 is 0 Å². The minimum Gasteiger partial charge on any atom is -0.550 e. The van der Waals surface area contributed by atoms with Crippen LogP contribution in [-0.2, 0) is 10.2 Å². The maximum absolute atomic E-state index is 12.7. The van der Waals surface area contributed by atoms with Crippen molar-refractivity contribution in [1.82, 2.24) is 4.90 Å². The zero-order chi connectivity index (χ0) is 16.7. The van der Waals surface area contributed by atoms with Crippen LogP contribution in [0.4, 0.5) is 0 Å². The first-order valence-corrected chi connectivity index (χ1v) is 7.76. The maximum atomic E-state index is 12.7. The lowest BCUT2D eigenvalue weighted by molar-refractivity contribution is -0.306. The summed E-state index contributed by atoms with van der Waals surface area (Å²) in [5, 5.41) is 11.1. The van der Waals surface area contributed by atoms with Crippen LogP contribution in [0.3, 0.4) is 0 Å². The first kappa shape index (κ1) is 16.5. The molecule has 1 heterocycles. The Labute approximate surface area is 132 Å². The average molecular weight is 302 g/mol. The molecular formula is C18H24NO3-. The van der Waals surface area contributed by atoms with Crippen LogP contribution in [0.2, 0.25) is 0 Å². The second kappa shape index (κ2) is 5.75. The number of hydrogen-bond acceptors (Lipinski definition) is 3. The van der Waals surface area contributed by atoms with E-state index in [-0.39, 0.29) is 23.7 Å².